The van der Waals surface area contributed by atoms with Crippen LogP contribution >= 0.6 is 0 Å². The van der Waals surface area contributed by atoms with Gasteiger partial charge in [-0.05, 0) is 44.9 Å². The van der Waals surface area contributed by atoms with E-state index in [9.17, 15) is 19.5 Å². The average molecular weight is 805 g/mol. The number of unbranched alkanes of at least 4 members (excludes halogenated alkanes) is 22. The summed E-state index contributed by atoms with van der Waals surface area (Å²) in [5.74, 6) is -1.46. The zero-order valence-electron chi connectivity index (χ0n) is 37.8. The normalized spacial score (nSPS) is 13.2. The standard InChI is InChI=1S/C49H89NO7/c1-6-8-10-12-14-16-18-20-22-23-24-25-26-28-30-32-34-36-38-40-48(52)57-45(43-55-42-41-46(49(53)54)50(3,4)5)44-56-47(51)39-37-35-33-31-29-27-21-19-17-15-13-11-9-7-2/h8,10,14,16,20,22,45-46H,6-7,9,11-13,15,17-19,21,23-44H2,1-5H3/p+1/b10-8+,16-14+,22-20+. The van der Waals surface area contributed by atoms with E-state index in [-0.39, 0.29) is 36.2 Å². The number of quaternary nitrogens is 1. The molecule has 0 rings (SSSR count). The summed E-state index contributed by atoms with van der Waals surface area (Å²) < 4.78 is 17.3. The van der Waals surface area contributed by atoms with Gasteiger partial charge in [-0.25, -0.2) is 4.79 Å². The number of hydrogen-bond donors (Lipinski definition) is 1. The van der Waals surface area contributed by atoms with E-state index in [1.54, 1.807) is 0 Å². The Morgan fingerprint density at radius 2 is 0.982 bits per heavy atom. The molecule has 0 aromatic rings. The number of likely N-dealkylation sites (N-methyl/N-ethyl adjacent to an activating group) is 1. The van der Waals surface area contributed by atoms with Crippen molar-refractivity contribution in [1.82, 2.24) is 0 Å². The minimum Gasteiger partial charge on any atom is -0.477 e. The molecule has 57 heavy (non-hydrogen) atoms. The summed E-state index contributed by atoms with van der Waals surface area (Å²) in [4.78, 5) is 37.0. The maximum atomic E-state index is 12.8. The van der Waals surface area contributed by atoms with Gasteiger partial charge in [0.1, 0.15) is 6.61 Å². The van der Waals surface area contributed by atoms with Crippen LogP contribution in [-0.4, -0.2) is 80.6 Å². The third-order valence-corrected chi connectivity index (χ3v) is 10.6. The molecule has 0 aliphatic heterocycles. The monoisotopic (exact) mass is 805 g/mol. The van der Waals surface area contributed by atoms with Gasteiger partial charge in [0, 0.05) is 19.3 Å². The van der Waals surface area contributed by atoms with Crippen molar-refractivity contribution in [2.24, 2.45) is 0 Å². The molecule has 0 saturated heterocycles. The predicted octanol–water partition coefficient (Wildman–Crippen LogP) is 13.0. The number of rotatable bonds is 42. The first-order valence-corrected chi connectivity index (χ1v) is 23.5. The highest BCUT2D eigenvalue weighted by Gasteiger charge is 2.31. The smallest absolute Gasteiger partial charge is 0.362 e. The van der Waals surface area contributed by atoms with Gasteiger partial charge in [-0.3, -0.25) is 9.59 Å². The van der Waals surface area contributed by atoms with Gasteiger partial charge in [-0.15, -0.1) is 0 Å². The van der Waals surface area contributed by atoms with E-state index in [1.807, 2.05) is 21.1 Å². The Labute approximate surface area is 351 Å². The SMILES string of the molecule is CC/C=C/C/C=C/C/C=C/CCCCCCCCCCCC(=O)OC(COCCC(C(=O)O)[N+](C)(C)C)COC(=O)CCCCCCCCCCCCCCCC. The molecule has 332 valence electrons. The fourth-order valence-electron chi connectivity index (χ4n) is 6.93. The second kappa shape index (κ2) is 40.3. The van der Waals surface area contributed by atoms with E-state index in [2.05, 4.69) is 50.3 Å². The number of carboxylic acids is 1. The van der Waals surface area contributed by atoms with E-state index in [0.717, 1.165) is 64.2 Å². The summed E-state index contributed by atoms with van der Waals surface area (Å²) in [5.41, 5.74) is 0. The average Bonchev–Trinajstić information content (AvgIpc) is 3.17. The van der Waals surface area contributed by atoms with Gasteiger partial charge < -0.3 is 23.8 Å². The van der Waals surface area contributed by atoms with E-state index in [1.165, 1.54) is 109 Å². The second-order valence-corrected chi connectivity index (χ2v) is 17.0. The Hall–Kier alpha value is -2.45. The van der Waals surface area contributed by atoms with E-state index < -0.39 is 18.1 Å². The van der Waals surface area contributed by atoms with Crippen LogP contribution in [0.3, 0.4) is 0 Å². The second-order valence-electron chi connectivity index (χ2n) is 17.0. The van der Waals surface area contributed by atoms with Crippen LogP contribution in [0.25, 0.3) is 0 Å². The van der Waals surface area contributed by atoms with Crippen molar-refractivity contribution in [2.45, 2.75) is 219 Å². The van der Waals surface area contributed by atoms with Crippen LogP contribution in [0.15, 0.2) is 36.5 Å². The highest BCUT2D eigenvalue weighted by Crippen LogP contribution is 2.15. The molecular weight excluding hydrogens is 715 g/mol. The number of allylic oxidation sites excluding steroid dienone is 6. The summed E-state index contributed by atoms with van der Waals surface area (Å²) in [7, 11) is 5.53. The van der Waals surface area contributed by atoms with Crippen molar-refractivity contribution in [3.05, 3.63) is 36.5 Å². The van der Waals surface area contributed by atoms with Crippen molar-refractivity contribution in [3.63, 3.8) is 0 Å². The number of nitrogens with zero attached hydrogens (tertiary/aromatic N) is 1. The molecule has 0 aromatic heterocycles. The molecule has 8 nitrogen and oxygen atoms in total. The zero-order chi connectivity index (χ0) is 42.1. The number of hydrogen-bond acceptors (Lipinski definition) is 6. The van der Waals surface area contributed by atoms with Crippen LogP contribution in [0, 0.1) is 0 Å². The summed E-state index contributed by atoms with van der Waals surface area (Å²) in [6.07, 6.45) is 46.1. The molecule has 0 fully saturated rings. The van der Waals surface area contributed by atoms with Crippen LogP contribution in [0.4, 0.5) is 0 Å². The van der Waals surface area contributed by atoms with Gasteiger partial charge in [0.2, 0.25) is 0 Å². The first-order chi connectivity index (χ1) is 27.6. The summed E-state index contributed by atoms with van der Waals surface area (Å²) >= 11 is 0. The first kappa shape index (κ1) is 54.6. The van der Waals surface area contributed by atoms with Gasteiger partial charge >= 0.3 is 17.9 Å². The van der Waals surface area contributed by atoms with Gasteiger partial charge in [0.25, 0.3) is 0 Å². The number of aliphatic carboxylic acids is 1. The molecule has 1 N–H and O–H groups in total. The van der Waals surface area contributed by atoms with Crippen molar-refractivity contribution in [3.8, 4) is 0 Å². The van der Waals surface area contributed by atoms with E-state index in [0.29, 0.717) is 19.3 Å². The summed E-state index contributed by atoms with van der Waals surface area (Å²) in [5, 5.41) is 9.63. The third-order valence-electron chi connectivity index (χ3n) is 10.6. The Kier molecular flexibility index (Phi) is 38.6. The number of carbonyl (C=O) groups is 3. The van der Waals surface area contributed by atoms with E-state index in [4.69, 9.17) is 14.2 Å². The fraction of sp³-hybridized carbons (Fsp3) is 0.816. The number of esters is 2. The Morgan fingerprint density at radius 1 is 0.544 bits per heavy atom. The van der Waals surface area contributed by atoms with Gasteiger partial charge in [0.15, 0.2) is 12.1 Å². The predicted molar refractivity (Wildman–Crippen MR) is 238 cm³/mol. The van der Waals surface area contributed by atoms with Crippen molar-refractivity contribution < 1.29 is 38.2 Å². The number of carbonyl (C=O) groups excluding carboxylic acids is 2. The van der Waals surface area contributed by atoms with Crippen molar-refractivity contribution in [1.29, 1.82) is 0 Å². The minimum absolute atomic E-state index is 0.0499. The lowest BCUT2D eigenvalue weighted by Crippen LogP contribution is -2.50. The molecule has 0 spiro atoms. The molecule has 0 amide bonds. The van der Waals surface area contributed by atoms with E-state index >= 15 is 0 Å². The number of ether oxygens (including phenoxy) is 3. The molecule has 0 saturated carbocycles. The first-order valence-electron chi connectivity index (χ1n) is 23.5. The van der Waals surface area contributed by atoms with Crippen LogP contribution in [0.1, 0.15) is 206 Å². The van der Waals surface area contributed by atoms with Gasteiger partial charge in [-0.2, -0.15) is 0 Å². The molecule has 0 aromatic carbocycles. The summed E-state index contributed by atoms with van der Waals surface area (Å²) in [6, 6.07) is -0.614. The molecule has 8 heteroatoms. The molecule has 0 bridgehead atoms. The number of carboxylic acid groups (broad SMARTS) is 1. The topological polar surface area (TPSA) is 99.1 Å². The molecule has 0 aliphatic carbocycles. The molecule has 0 radical (unpaired) electrons. The maximum Gasteiger partial charge on any atom is 0.362 e. The third kappa shape index (κ3) is 38.8. The highest BCUT2D eigenvalue weighted by atomic mass is 16.6. The van der Waals surface area contributed by atoms with Crippen LogP contribution in [-0.2, 0) is 28.6 Å². The molecule has 2 unspecified atom stereocenters. The lowest BCUT2D eigenvalue weighted by atomic mass is 10.0. The molecule has 2 atom stereocenters. The Morgan fingerprint density at radius 3 is 1.46 bits per heavy atom. The molecule has 0 heterocycles. The fourth-order valence-corrected chi connectivity index (χ4v) is 6.93. The lowest BCUT2D eigenvalue weighted by molar-refractivity contribution is -0.887. The quantitative estimate of drug-likeness (QED) is 0.0284. The van der Waals surface area contributed by atoms with Gasteiger partial charge in [0.05, 0.1) is 34.4 Å². The summed E-state index contributed by atoms with van der Waals surface area (Å²) in [6.45, 7) is 4.64. The zero-order valence-corrected chi connectivity index (χ0v) is 37.8. The van der Waals surface area contributed by atoms with Crippen LogP contribution in [0.2, 0.25) is 0 Å². The lowest BCUT2D eigenvalue weighted by Gasteiger charge is -2.31. The molecular formula is C49H90NO7+. The Balaban J connectivity index is 4.28. The highest BCUT2D eigenvalue weighted by molar-refractivity contribution is 5.72. The maximum absolute atomic E-state index is 12.8. The van der Waals surface area contributed by atoms with Gasteiger partial charge in [-0.1, -0.05) is 179 Å². The van der Waals surface area contributed by atoms with Crippen LogP contribution in [0.5, 0.6) is 0 Å². The molecule has 0 aliphatic rings. The van der Waals surface area contributed by atoms with Crippen molar-refractivity contribution in [2.75, 3.05) is 41.0 Å². The van der Waals surface area contributed by atoms with Crippen molar-refractivity contribution >= 4 is 17.9 Å². The van der Waals surface area contributed by atoms with Crippen LogP contribution < -0.4 is 0 Å². The Bertz CT molecular complexity index is 1030. The largest absolute Gasteiger partial charge is 0.477 e. The minimum atomic E-state index is -0.875.